The summed E-state index contributed by atoms with van der Waals surface area (Å²) in [6.45, 7) is 2.57. The molecular weight excluding hydrogens is 302 g/mol. The quantitative estimate of drug-likeness (QED) is 0.852. The molecule has 0 aliphatic rings. The highest BCUT2D eigenvalue weighted by molar-refractivity contribution is 9.09. The topological polar surface area (TPSA) is 29.1 Å². The molecule has 2 nitrogen and oxygen atoms in total. The Labute approximate surface area is 122 Å². The molecule has 0 spiro atoms. The summed E-state index contributed by atoms with van der Waals surface area (Å²) in [5.74, 6) is -0.0413. The zero-order valence-corrected chi connectivity index (χ0v) is 12.4. The normalized spacial score (nSPS) is 11.9. The lowest BCUT2D eigenvalue weighted by atomic mass is 10.1. The highest BCUT2D eigenvalue weighted by atomic mass is 79.9. The lowest BCUT2D eigenvalue weighted by Gasteiger charge is -2.11. The van der Waals surface area contributed by atoms with Gasteiger partial charge in [0.05, 0.1) is 4.83 Å². The molecule has 1 amide bonds. The van der Waals surface area contributed by atoms with E-state index in [1.807, 2.05) is 61.5 Å². The largest absolute Gasteiger partial charge is 0.351 e. The number of benzene rings is 2. The lowest BCUT2D eigenvalue weighted by Crippen LogP contribution is -2.26. The Balaban J connectivity index is 1.92. The van der Waals surface area contributed by atoms with E-state index in [1.54, 1.807) is 0 Å². The highest BCUT2D eigenvalue weighted by Crippen LogP contribution is 2.21. The maximum Gasteiger partial charge on any atom is 0.251 e. The van der Waals surface area contributed by atoms with Crippen LogP contribution in [0.4, 0.5) is 0 Å². The fourth-order valence-corrected chi connectivity index (χ4v) is 2.24. The first-order valence-corrected chi connectivity index (χ1v) is 7.12. The van der Waals surface area contributed by atoms with Gasteiger partial charge in [0.1, 0.15) is 0 Å². The van der Waals surface area contributed by atoms with Gasteiger partial charge in [0.25, 0.3) is 5.91 Å². The number of hydrogen-bond donors (Lipinski definition) is 1. The summed E-state index contributed by atoms with van der Waals surface area (Å²) < 4.78 is 0. The minimum atomic E-state index is -0.0413. The van der Waals surface area contributed by atoms with Crippen LogP contribution in [-0.4, -0.2) is 12.5 Å². The van der Waals surface area contributed by atoms with Gasteiger partial charge in [-0.15, -0.1) is 0 Å². The molecule has 1 N–H and O–H groups in total. The molecule has 1 unspecified atom stereocenters. The third kappa shape index (κ3) is 3.93. The molecular formula is C16H16BrNO. The number of aryl methyl sites for hydroxylation is 1. The second-order valence-electron chi connectivity index (χ2n) is 4.45. The molecule has 2 aromatic rings. The second kappa shape index (κ2) is 6.53. The van der Waals surface area contributed by atoms with E-state index >= 15 is 0 Å². The third-order valence-electron chi connectivity index (χ3n) is 2.92. The maximum absolute atomic E-state index is 12.0. The lowest BCUT2D eigenvalue weighted by molar-refractivity contribution is 0.0954. The smallest absolute Gasteiger partial charge is 0.251 e. The van der Waals surface area contributed by atoms with Crippen molar-refractivity contribution in [2.45, 2.75) is 11.8 Å². The fraction of sp³-hybridized carbons (Fsp3) is 0.188. The molecule has 0 aliphatic carbocycles. The average Bonchev–Trinajstić information content (AvgIpc) is 2.46. The number of amides is 1. The second-order valence-corrected chi connectivity index (χ2v) is 5.56. The molecule has 0 bridgehead atoms. The Morgan fingerprint density at radius 1 is 1.11 bits per heavy atom. The summed E-state index contributed by atoms with van der Waals surface area (Å²) in [4.78, 5) is 12.1. The minimum absolute atomic E-state index is 0.0413. The van der Waals surface area contributed by atoms with Gasteiger partial charge in [0.15, 0.2) is 0 Å². The van der Waals surface area contributed by atoms with Crippen molar-refractivity contribution < 1.29 is 4.79 Å². The van der Waals surface area contributed by atoms with Gasteiger partial charge >= 0.3 is 0 Å². The van der Waals surface area contributed by atoms with Crippen LogP contribution in [0, 0.1) is 6.92 Å². The molecule has 2 aromatic carbocycles. The van der Waals surface area contributed by atoms with Gasteiger partial charge in [-0.05, 0) is 24.6 Å². The summed E-state index contributed by atoms with van der Waals surface area (Å²) in [7, 11) is 0. The van der Waals surface area contributed by atoms with E-state index < -0.39 is 0 Å². The Bertz CT molecular complexity index is 536. The van der Waals surface area contributed by atoms with Crippen molar-refractivity contribution in [1.82, 2.24) is 5.32 Å². The number of nitrogens with one attached hydrogen (secondary N) is 1. The molecule has 0 aliphatic heterocycles. The first-order valence-electron chi connectivity index (χ1n) is 6.20. The molecule has 0 aromatic heterocycles. The third-order valence-corrected chi connectivity index (χ3v) is 3.77. The zero-order valence-electron chi connectivity index (χ0n) is 10.8. The zero-order chi connectivity index (χ0) is 13.7. The van der Waals surface area contributed by atoms with Gasteiger partial charge in [0.2, 0.25) is 0 Å². The van der Waals surface area contributed by atoms with Crippen LogP contribution in [0.2, 0.25) is 0 Å². The van der Waals surface area contributed by atoms with Gasteiger partial charge in [-0.3, -0.25) is 4.79 Å². The van der Waals surface area contributed by atoms with Crippen LogP contribution in [0.25, 0.3) is 0 Å². The van der Waals surface area contributed by atoms with Crippen molar-refractivity contribution in [1.29, 1.82) is 0 Å². The number of carbonyl (C=O) groups is 1. The van der Waals surface area contributed by atoms with E-state index in [-0.39, 0.29) is 10.7 Å². The van der Waals surface area contributed by atoms with Crippen LogP contribution in [0.5, 0.6) is 0 Å². The maximum atomic E-state index is 12.0. The van der Waals surface area contributed by atoms with E-state index in [0.29, 0.717) is 12.1 Å². The predicted molar refractivity (Wildman–Crippen MR) is 81.6 cm³/mol. The van der Waals surface area contributed by atoms with E-state index in [9.17, 15) is 4.79 Å². The van der Waals surface area contributed by atoms with Crippen molar-refractivity contribution in [2.75, 3.05) is 6.54 Å². The van der Waals surface area contributed by atoms with Gasteiger partial charge in [0, 0.05) is 12.1 Å². The monoisotopic (exact) mass is 317 g/mol. The standard InChI is InChI=1S/C16H16BrNO/c1-12-7-9-14(10-8-12)16(19)18-11-15(17)13-5-3-2-4-6-13/h2-10,15H,11H2,1H3,(H,18,19). The van der Waals surface area contributed by atoms with Crippen LogP contribution in [-0.2, 0) is 0 Å². The van der Waals surface area contributed by atoms with E-state index in [2.05, 4.69) is 21.2 Å². The molecule has 0 saturated heterocycles. The number of alkyl halides is 1. The number of hydrogen-bond acceptors (Lipinski definition) is 1. The molecule has 2 rings (SSSR count). The van der Waals surface area contributed by atoms with Crippen LogP contribution < -0.4 is 5.32 Å². The average molecular weight is 318 g/mol. The summed E-state index contributed by atoms with van der Waals surface area (Å²) in [5, 5.41) is 2.93. The Hall–Kier alpha value is -1.61. The van der Waals surface area contributed by atoms with E-state index in [4.69, 9.17) is 0 Å². The van der Waals surface area contributed by atoms with Crippen molar-refractivity contribution in [2.24, 2.45) is 0 Å². The van der Waals surface area contributed by atoms with Gasteiger partial charge in [-0.1, -0.05) is 64.0 Å². The van der Waals surface area contributed by atoms with Gasteiger partial charge in [-0.2, -0.15) is 0 Å². The van der Waals surface area contributed by atoms with Crippen LogP contribution in [0.3, 0.4) is 0 Å². The van der Waals surface area contributed by atoms with Crippen molar-refractivity contribution in [3.8, 4) is 0 Å². The fourth-order valence-electron chi connectivity index (χ4n) is 1.77. The van der Waals surface area contributed by atoms with Crippen molar-refractivity contribution in [3.63, 3.8) is 0 Å². The molecule has 1 atom stereocenters. The van der Waals surface area contributed by atoms with Gasteiger partial charge < -0.3 is 5.32 Å². The molecule has 0 saturated carbocycles. The molecule has 0 radical (unpaired) electrons. The predicted octanol–water partition coefficient (Wildman–Crippen LogP) is 3.86. The highest BCUT2D eigenvalue weighted by Gasteiger charge is 2.10. The molecule has 0 heterocycles. The molecule has 98 valence electrons. The number of halogens is 1. The minimum Gasteiger partial charge on any atom is -0.351 e. The summed E-state index contributed by atoms with van der Waals surface area (Å²) in [6.07, 6.45) is 0. The summed E-state index contributed by atoms with van der Waals surface area (Å²) in [5.41, 5.74) is 3.00. The summed E-state index contributed by atoms with van der Waals surface area (Å²) >= 11 is 3.58. The van der Waals surface area contributed by atoms with Crippen LogP contribution in [0.15, 0.2) is 54.6 Å². The van der Waals surface area contributed by atoms with Gasteiger partial charge in [-0.25, -0.2) is 0 Å². The SMILES string of the molecule is Cc1ccc(C(=O)NCC(Br)c2ccccc2)cc1. The molecule has 0 fully saturated rings. The van der Waals surface area contributed by atoms with Crippen LogP contribution >= 0.6 is 15.9 Å². The molecule has 3 heteroatoms. The molecule has 19 heavy (non-hydrogen) atoms. The van der Waals surface area contributed by atoms with E-state index in [0.717, 1.165) is 11.1 Å². The Morgan fingerprint density at radius 3 is 2.37 bits per heavy atom. The van der Waals surface area contributed by atoms with Crippen molar-refractivity contribution >= 4 is 21.8 Å². The first kappa shape index (κ1) is 13.8. The van der Waals surface area contributed by atoms with Crippen LogP contribution in [0.1, 0.15) is 26.3 Å². The first-order chi connectivity index (χ1) is 9.16. The van der Waals surface area contributed by atoms with E-state index in [1.165, 1.54) is 0 Å². The Kier molecular flexibility index (Phi) is 4.74. The summed E-state index contributed by atoms with van der Waals surface area (Å²) in [6, 6.07) is 17.6. The Morgan fingerprint density at radius 2 is 1.74 bits per heavy atom. The number of carbonyl (C=O) groups excluding carboxylic acids is 1. The number of rotatable bonds is 4. The van der Waals surface area contributed by atoms with Crippen molar-refractivity contribution in [3.05, 3.63) is 71.3 Å².